The number of aliphatic carboxylic acids is 2. The molecule has 0 aromatic rings. The summed E-state index contributed by atoms with van der Waals surface area (Å²) in [4.78, 5) is 22.1. The van der Waals surface area contributed by atoms with E-state index >= 15 is 0 Å². The number of carboxylic acids is 2. The zero-order valence-electron chi connectivity index (χ0n) is 21.6. The summed E-state index contributed by atoms with van der Waals surface area (Å²) >= 11 is 0. The second-order valence-electron chi connectivity index (χ2n) is 9.12. The summed E-state index contributed by atoms with van der Waals surface area (Å²) in [5.74, 6) is -1.44. The number of unbranched alkanes of at least 4 members (excludes halogenated alkanes) is 15. The van der Waals surface area contributed by atoms with E-state index in [0.29, 0.717) is 6.42 Å². The van der Waals surface area contributed by atoms with E-state index in [4.69, 9.17) is 10.2 Å². The van der Waals surface area contributed by atoms with Crippen LogP contribution in [0.15, 0.2) is 12.2 Å². The van der Waals surface area contributed by atoms with Gasteiger partial charge in [-0.3, -0.25) is 14.5 Å². The molecule has 2 N–H and O–H groups in total. The van der Waals surface area contributed by atoms with Crippen LogP contribution in [0.5, 0.6) is 0 Å². The lowest BCUT2D eigenvalue weighted by atomic mass is 10.1. The number of carboxylic acid groups (broad SMARTS) is 2. The molecule has 5 heteroatoms. The molecule has 0 saturated carbocycles. The standard InChI is InChI=1S/C22H42O2.C5H11NO2/c1-2-3-4-5-6-7-8-9-10-11-12-13-14-15-16-17-18-19-20-21-22(23)24;1-4(5(7)8)6(2)3/h9-10H,2-8,11-21H2,1H3,(H,23,24);4H,1-3H3,(H,7,8)/b10-9-;. The lowest BCUT2D eigenvalue weighted by Gasteiger charge is -2.13. The molecule has 5 nitrogen and oxygen atoms in total. The topological polar surface area (TPSA) is 77.8 Å². The molecule has 0 fully saturated rings. The predicted molar refractivity (Wildman–Crippen MR) is 136 cm³/mol. The number of hydrogen-bond donors (Lipinski definition) is 2. The molecule has 0 aromatic carbocycles. The van der Waals surface area contributed by atoms with E-state index < -0.39 is 11.9 Å². The second-order valence-corrected chi connectivity index (χ2v) is 9.12. The van der Waals surface area contributed by atoms with Gasteiger partial charge in [0, 0.05) is 6.42 Å². The molecular formula is C27H53NO4. The van der Waals surface area contributed by atoms with E-state index in [0.717, 1.165) is 12.8 Å². The molecule has 1 atom stereocenters. The van der Waals surface area contributed by atoms with E-state index in [1.165, 1.54) is 96.3 Å². The highest BCUT2D eigenvalue weighted by Crippen LogP contribution is 2.12. The van der Waals surface area contributed by atoms with Crippen molar-refractivity contribution in [1.82, 2.24) is 4.90 Å². The van der Waals surface area contributed by atoms with Crippen molar-refractivity contribution < 1.29 is 19.8 Å². The van der Waals surface area contributed by atoms with Crippen LogP contribution in [0.2, 0.25) is 0 Å². The van der Waals surface area contributed by atoms with Crippen LogP contribution in [0.4, 0.5) is 0 Å². The largest absolute Gasteiger partial charge is 0.481 e. The van der Waals surface area contributed by atoms with Crippen molar-refractivity contribution in [3.8, 4) is 0 Å². The molecule has 0 saturated heterocycles. The Bertz CT molecular complexity index is 449. The van der Waals surface area contributed by atoms with E-state index in [1.54, 1.807) is 25.9 Å². The van der Waals surface area contributed by atoms with Crippen molar-refractivity contribution in [3.63, 3.8) is 0 Å². The Balaban J connectivity index is 0. The van der Waals surface area contributed by atoms with Crippen molar-refractivity contribution in [2.45, 2.75) is 135 Å². The highest BCUT2D eigenvalue weighted by molar-refractivity contribution is 5.72. The molecule has 0 rings (SSSR count). The molecule has 0 aromatic heterocycles. The van der Waals surface area contributed by atoms with Gasteiger partial charge < -0.3 is 10.2 Å². The number of rotatable bonds is 21. The van der Waals surface area contributed by atoms with Crippen LogP contribution in [0.3, 0.4) is 0 Å². The second kappa shape index (κ2) is 25.9. The fourth-order valence-corrected chi connectivity index (χ4v) is 3.27. The Kier molecular flexibility index (Phi) is 26.6. The molecule has 0 spiro atoms. The van der Waals surface area contributed by atoms with Crippen molar-refractivity contribution in [2.24, 2.45) is 0 Å². The van der Waals surface area contributed by atoms with Crippen LogP contribution >= 0.6 is 0 Å². The van der Waals surface area contributed by atoms with Gasteiger partial charge in [0.25, 0.3) is 0 Å². The summed E-state index contributed by atoms with van der Waals surface area (Å²) in [5, 5.41) is 16.9. The van der Waals surface area contributed by atoms with Gasteiger partial charge in [0.2, 0.25) is 0 Å². The first-order chi connectivity index (χ1) is 15.3. The van der Waals surface area contributed by atoms with Crippen molar-refractivity contribution in [2.75, 3.05) is 14.1 Å². The molecule has 0 amide bonds. The number of allylic oxidation sites excluding steroid dienone is 2. The van der Waals surface area contributed by atoms with E-state index in [2.05, 4.69) is 19.1 Å². The minimum Gasteiger partial charge on any atom is -0.481 e. The van der Waals surface area contributed by atoms with Gasteiger partial charge in [0.15, 0.2) is 0 Å². The van der Waals surface area contributed by atoms with Gasteiger partial charge in [-0.25, -0.2) is 0 Å². The summed E-state index contributed by atoms with van der Waals surface area (Å²) in [5.41, 5.74) is 0. The number of likely N-dealkylation sites (N-methyl/N-ethyl adjacent to an activating group) is 1. The third-order valence-electron chi connectivity index (χ3n) is 5.78. The molecule has 0 radical (unpaired) electrons. The smallest absolute Gasteiger partial charge is 0.320 e. The number of nitrogens with zero attached hydrogens (tertiary/aromatic N) is 1. The molecule has 32 heavy (non-hydrogen) atoms. The Morgan fingerprint density at radius 2 is 1.06 bits per heavy atom. The first-order valence-corrected chi connectivity index (χ1v) is 13.1. The maximum absolute atomic E-state index is 10.4. The van der Waals surface area contributed by atoms with Crippen LogP contribution in [0.25, 0.3) is 0 Å². The van der Waals surface area contributed by atoms with Crippen LogP contribution in [-0.2, 0) is 9.59 Å². The van der Waals surface area contributed by atoms with E-state index in [-0.39, 0.29) is 6.04 Å². The highest BCUT2D eigenvalue weighted by Gasteiger charge is 2.11. The fourth-order valence-electron chi connectivity index (χ4n) is 3.27. The Hall–Kier alpha value is -1.36. The quantitative estimate of drug-likeness (QED) is 0.137. The minimum atomic E-state index is -0.782. The van der Waals surface area contributed by atoms with Gasteiger partial charge in [0.1, 0.15) is 6.04 Å². The molecule has 0 aliphatic heterocycles. The molecule has 0 heterocycles. The highest BCUT2D eigenvalue weighted by atomic mass is 16.4. The number of hydrogen-bond acceptors (Lipinski definition) is 3. The third-order valence-corrected chi connectivity index (χ3v) is 5.78. The summed E-state index contributed by atoms with van der Waals surface area (Å²) in [6.45, 7) is 3.91. The summed E-state index contributed by atoms with van der Waals surface area (Å²) < 4.78 is 0. The van der Waals surface area contributed by atoms with E-state index in [1.807, 2.05) is 0 Å². The Morgan fingerprint density at radius 1 is 0.688 bits per heavy atom. The number of carbonyl (C=O) groups is 2. The average molecular weight is 456 g/mol. The third kappa shape index (κ3) is 28.6. The normalized spacial score (nSPS) is 12.0. The van der Waals surface area contributed by atoms with Gasteiger partial charge in [-0.2, -0.15) is 0 Å². The van der Waals surface area contributed by atoms with Crippen molar-refractivity contribution in [3.05, 3.63) is 12.2 Å². The Labute approximate surface area is 198 Å². The maximum atomic E-state index is 10.4. The van der Waals surface area contributed by atoms with Crippen LogP contribution in [0.1, 0.15) is 129 Å². The van der Waals surface area contributed by atoms with Gasteiger partial charge in [-0.1, -0.05) is 96.1 Å². The molecule has 190 valence electrons. The fraction of sp³-hybridized carbons (Fsp3) is 0.852. The van der Waals surface area contributed by atoms with Crippen molar-refractivity contribution >= 4 is 11.9 Å². The van der Waals surface area contributed by atoms with Crippen LogP contribution in [-0.4, -0.2) is 47.2 Å². The van der Waals surface area contributed by atoms with Crippen LogP contribution < -0.4 is 0 Å². The van der Waals surface area contributed by atoms with Crippen molar-refractivity contribution in [1.29, 1.82) is 0 Å². The Morgan fingerprint density at radius 3 is 1.38 bits per heavy atom. The average Bonchev–Trinajstić information content (AvgIpc) is 2.74. The predicted octanol–water partition coefficient (Wildman–Crippen LogP) is 7.69. The zero-order chi connectivity index (χ0) is 24.5. The first kappa shape index (κ1) is 32.8. The monoisotopic (exact) mass is 455 g/mol. The lowest BCUT2D eigenvalue weighted by Crippen LogP contribution is -2.32. The molecule has 0 aliphatic carbocycles. The minimum absolute atomic E-state index is 0.340. The first-order valence-electron chi connectivity index (χ1n) is 13.1. The summed E-state index contributed by atoms with van der Waals surface area (Å²) in [7, 11) is 3.47. The van der Waals surface area contributed by atoms with Gasteiger partial charge in [0.05, 0.1) is 0 Å². The summed E-state index contributed by atoms with van der Waals surface area (Å²) in [6, 6.07) is -0.380. The van der Waals surface area contributed by atoms with Gasteiger partial charge >= 0.3 is 11.9 Å². The van der Waals surface area contributed by atoms with Crippen LogP contribution in [0, 0.1) is 0 Å². The summed E-state index contributed by atoms with van der Waals surface area (Å²) in [6.07, 6.45) is 27.1. The SMILES string of the molecule is CC(C(=O)O)N(C)C.CCCCCCCC/C=C\CCCCCCCCCCCC(=O)O. The van der Waals surface area contributed by atoms with E-state index in [9.17, 15) is 9.59 Å². The van der Waals surface area contributed by atoms with Gasteiger partial charge in [-0.05, 0) is 53.1 Å². The maximum Gasteiger partial charge on any atom is 0.320 e. The van der Waals surface area contributed by atoms with Gasteiger partial charge in [-0.15, -0.1) is 0 Å². The lowest BCUT2D eigenvalue weighted by molar-refractivity contribution is -0.141. The molecule has 0 bridgehead atoms. The molecule has 0 aliphatic rings. The zero-order valence-corrected chi connectivity index (χ0v) is 21.6. The molecular weight excluding hydrogens is 402 g/mol. The molecule has 1 unspecified atom stereocenters.